The van der Waals surface area contributed by atoms with Gasteiger partial charge in [0.25, 0.3) is 5.91 Å². The maximum atomic E-state index is 12.7. The first-order valence-corrected chi connectivity index (χ1v) is 11.6. The van der Waals surface area contributed by atoms with Crippen LogP contribution < -0.4 is 14.8 Å². The molecule has 8 heteroatoms. The molecule has 0 aromatic heterocycles. The highest BCUT2D eigenvalue weighted by Gasteiger charge is 2.19. The van der Waals surface area contributed by atoms with Crippen molar-refractivity contribution in [2.75, 3.05) is 25.5 Å². The van der Waals surface area contributed by atoms with Gasteiger partial charge in [-0.15, -0.1) is 0 Å². The van der Waals surface area contributed by atoms with Crippen molar-refractivity contribution in [1.82, 2.24) is 9.62 Å². The van der Waals surface area contributed by atoms with Gasteiger partial charge in [0.15, 0.2) is 0 Å². The van der Waals surface area contributed by atoms with Gasteiger partial charge in [-0.1, -0.05) is 12.1 Å². The van der Waals surface area contributed by atoms with Gasteiger partial charge in [-0.3, -0.25) is 9.69 Å². The molecule has 1 aliphatic rings. The molecule has 0 bridgehead atoms. The first-order valence-electron chi connectivity index (χ1n) is 10.1. The average molecular weight is 432 g/mol. The third kappa shape index (κ3) is 5.59. The second-order valence-electron chi connectivity index (χ2n) is 7.77. The molecule has 3 rings (SSSR count). The lowest BCUT2D eigenvalue weighted by Crippen LogP contribution is -2.30. The van der Waals surface area contributed by atoms with E-state index < -0.39 is 10.0 Å². The van der Waals surface area contributed by atoms with E-state index in [9.17, 15) is 13.2 Å². The number of hydrogen-bond acceptors (Lipinski definition) is 5. The lowest BCUT2D eigenvalue weighted by molar-refractivity contribution is 0.102. The summed E-state index contributed by atoms with van der Waals surface area (Å²) in [5.41, 5.74) is 1.96. The summed E-state index contributed by atoms with van der Waals surface area (Å²) in [6.45, 7) is 6.62. The van der Waals surface area contributed by atoms with Crippen molar-refractivity contribution >= 4 is 21.6 Å². The number of hydrogen-bond donors (Lipinski definition) is 2. The van der Waals surface area contributed by atoms with Crippen LogP contribution in [-0.2, 0) is 16.6 Å². The number of benzene rings is 2. The minimum absolute atomic E-state index is 0.0632. The summed E-state index contributed by atoms with van der Waals surface area (Å²) in [7, 11) is -2.22. The number of carbonyl (C=O) groups excluding carboxylic acids is 1. The number of likely N-dealkylation sites (tertiary alicyclic amines) is 1. The molecule has 0 radical (unpaired) electrons. The predicted molar refractivity (Wildman–Crippen MR) is 117 cm³/mol. The van der Waals surface area contributed by atoms with Crippen LogP contribution in [0.1, 0.15) is 42.6 Å². The fourth-order valence-electron chi connectivity index (χ4n) is 3.49. The van der Waals surface area contributed by atoms with Crippen LogP contribution in [0.25, 0.3) is 0 Å². The van der Waals surface area contributed by atoms with Gasteiger partial charge in [0.1, 0.15) is 5.75 Å². The number of methoxy groups -OCH3 is 1. The van der Waals surface area contributed by atoms with Crippen LogP contribution in [0.3, 0.4) is 0 Å². The summed E-state index contributed by atoms with van der Waals surface area (Å²) in [4.78, 5) is 15.2. The van der Waals surface area contributed by atoms with Crippen molar-refractivity contribution in [3.8, 4) is 5.75 Å². The van der Waals surface area contributed by atoms with Crippen LogP contribution in [-0.4, -0.2) is 45.5 Å². The van der Waals surface area contributed by atoms with Crippen molar-refractivity contribution in [2.45, 2.75) is 44.2 Å². The number of rotatable bonds is 8. The molecule has 1 amide bonds. The number of nitrogens with zero attached hydrogens (tertiary/aromatic N) is 1. The maximum Gasteiger partial charge on any atom is 0.255 e. The molecule has 2 N–H and O–H groups in total. The first-order chi connectivity index (χ1) is 14.3. The van der Waals surface area contributed by atoms with Gasteiger partial charge < -0.3 is 10.1 Å². The average Bonchev–Trinajstić information content (AvgIpc) is 3.20. The van der Waals surface area contributed by atoms with E-state index in [0.29, 0.717) is 17.0 Å². The third-order valence-electron chi connectivity index (χ3n) is 4.94. The highest BCUT2D eigenvalue weighted by atomic mass is 32.2. The highest BCUT2D eigenvalue weighted by Crippen LogP contribution is 2.28. The van der Waals surface area contributed by atoms with Crippen molar-refractivity contribution in [2.24, 2.45) is 0 Å². The molecule has 0 aliphatic carbocycles. The van der Waals surface area contributed by atoms with Crippen LogP contribution in [0.2, 0.25) is 0 Å². The normalized spacial score (nSPS) is 14.8. The molecule has 1 aliphatic heterocycles. The van der Waals surface area contributed by atoms with Gasteiger partial charge in [0, 0.05) is 18.2 Å². The number of nitrogens with one attached hydrogen (secondary N) is 2. The molecule has 1 heterocycles. The Morgan fingerprint density at radius 3 is 2.37 bits per heavy atom. The lowest BCUT2D eigenvalue weighted by Gasteiger charge is -2.15. The predicted octanol–water partition coefficient (Wildman–Crippen LogP) is 3.23. The summed E-state index contributed by atoms with van der Waals surface area (Å²) in [6.07, 6.45) is 2.48. The van der Waals surface area contributed by atoms with Crippen LogP contribution >= 0.6 is 0 Å². The van der Waals surface area contributed by atoms with Crippen molar-refractivity contribution in [3.05, 3.63) is 53.6 Å². The summed E-state index contributed by atoms with van der Waals surface area (Å²) in [5.74, 6) is 0.0601. The Morgan fingerprint density at radius 1 is 1.10 bits per heavy atom. The Balaban J connectivity index is 1.75. The van der Waals surface area contributed by atoms with Crippen molar-refractivity contribution in [3.63, 3.8) is 0 Å². The zero-order valence-corrected chi connectivity index (χ0v) is 18.5. The van der Waals surface area contributed by atoms with E-state index in [4.69, 9.17) is 4.74 Å². The van der Waals surface area contributed by atoms with E-state index in [0.717, 1.165) is 19.6 Å². The number of carbonyl (C=O) groups is 1. The third-order valence-corrected chi connectivity index (χ3v) is 6.60. The number of anilines is 1. The SMILES string of the molecule is COc1ccc(S(=O)(=O)NC(C)C)cc1NC(=O)c1ccc(CN2CCCC2)cc1. The van der Waals surface area contributed by atoms with E-state index >= 15 is 0 Å². The van der Waals surface area contributed by atoms with Gasteiger partial charge >= 0.3 is 0 Å². The second-order valence-corrected chi connectivity index (χ2v) is 9.49. The van der Waals surface area contributed by atoms with E-state index in [2.05, 4.69) is 14.9 Å². The second kappa shape index (κ2) is 9.59. The molecule has 0 saturated carbocycles. The molecular formula is C22H29N3O4S. The largest absolute Gasteiger partial charge is 0.495 e. The van der Waals surface area contributed by atoms with Crippen molar-refractivity contribution < 1.29 is 17.9 Å². The molecule has 0 spiro atoms. The lowest BCUT2D eigenvalue weighted by atomic mass is 10.1. The molecule has 2 aromatic carbocycles. The number of sulfonamides is 1. The first kappa shape index (κ1) is 22.3. The zero-order valence-electron chi connectivity index (χ0n) is 17.6. The Kier molecular flexibility index (Phi) is 7.12. The molecule has 30 heavy (non-hydrogen) atoms. The Hall–Kier alpha value is -2.42. The van der Waals surface area contributed by atoms with E-state index in [1.54, 1.807) is 26.0 Å². The molecule has 7 nitrogen and oxygen atoms in total. The van der Waals surface area contributed by atoms with Gasteiger partial charge in [0.2, 0.25) is 10.0 Å². The maximum absolute atomic E-state index is 12.7. The van der Waals surface area contributed by atoms with Crippen LogP contribution in [0.5, 0.6) is 5.75 Å². The molecule has 2 aromatic rings. The molecule has 0 atom stereocenters. The Labute approximate surface area is 178 Å². The van der Waals surface area contributed by atoms with E-state index in [1.807, 2.05) is 12.1 Å². The fraction of sp³-hybridized carbons (Fsp3) is 0.409. The van der Waals surface area contributed by atoms with E-state index in [1.165, 1.54) is 43.7 Å². The van der Waals surface area contributed by atoms with Crippen molar-refractivity contribution in [1.29, 1.82) is 0 Å². The number of amides is 1. The van der Waals surface area contributed by atoms with Crippen LogP contribution in [0, 0.1) is 0 Å². The standard InChI is InChI=1S/C22H29N3O4S/c1-16(2)24-30(27,28)19-10-11-21(29-3)20(14-19)23-22(26)18-8-6-17(7-9-18)15-25-12-4-5-13-25/h6-11,14,16,24H,4-5,12-13,15H2,1-3H3,(H,23,26). The smallest absolute Gasteiger partial charge is 0.255 e. The van der Waals surface area contributed by atoms with Crippen LogP contribution in [0.4, 0.5) is 5.69 Å². The van der Waals surface area contributed by atoms with Gasteiger partial charge in [-0.25, -0.2) is 13.1 Å². The Bertz CT molecular complexity index is 982. The molecule has 0 unspecified atom stereocenters. The molecule has 1 fully saturated rings. The molecule has 1 saturated heterocycles. The summed E-state index contributed by atoms with van der Waals surface area (Å²) < 4.78 is 32.7. The Morgan fingerprint density at radius 2 is 1.77 bits per heavy atom. The minimum Gasteiger partial charge on any atom is -0.495 e. The fourth-order valence-corrected chi connectivity index (χ4v) is 4.76. The monoisotopic (exact) mass is 431 g/mol. The zero-order chi connectivity index (χ0) is 21.7. The topological polar surface area (TPSA) is 87.7 Å². The van der Waals surface area contributed by atoms with Crippen LogP contribution in [0.15, 0.2) is 47.4 Å². The number of ether oxygens (including phenoxy) is 1. The highest BCUT2D eigenvalue weighted by molar-refractivity contribution is 7.89. The minimum atomic E-state index is -3.69. The summed E-state index contributed by atoms with van der Waals surface area (Å²) in [5, 5.41) is 2.77. The molecule has 162 valence electrons. The quantitative estimate of drug-likeness (QED) is 0.670. The van der Waals surface area contributed by atoms with Gasteiger partial charge in [0.05, 0.1) is 17.7 Å². The van der Waals surface area contributed by atoms with E-state index in [-0.39, 0.29) is 16.8 Å². The van der Waals surface area contributed by atoms with Gasteiger partial charge in [-0.05, 0) is 75.7 Å². The summed E-state index contributed by atoms with van der Waals surface area (Å²) in [6, 6.07) is 11.6. The summed E-state index contributed by atoms with van der Waals surface area (Å²) >= 11 is 0. The molecular weight excluding hydrogens is 402 g/mol. The van der Waals surface area contributed by atoms with Gasteiger partial charge in [-0.2, -0.15) is 0 Å².